The van der Waals surface area contributed by atoms with Crippen molar-refractivity contribution in [2.45, 2.75) is 130 Å². The lowest BCUT2D eigenvalue weighted by Gasteiger charge is -2.44. The van der Waals surface area contributed by atoms with E-state index in [2.05, 4.69) is 257 Å². The van der Waals surface area contributed by atoms with Gasteiger partial charge in [0.25, 0.3) is 6.71 Å². The lowest BCUT2D eigenvalue weighted by atomic mass is 9.36. The van der Waals surface area contributed by atoms with E-state index in [0.717, 1.165) is 25.7 Å². The predicted molar refractivity (Wildman–Crippen MR) is 327 cm³/mol. The van der Waals surface area contributed by atoms with Crippen molar-refractivity contribution >= 4 is 110 Å². The molecular weight excluding hydrogens is 912 g/mol. The summed E-state index contributed by atoms with van der Waals surface area (Å²) in [7, 11) is 0. The second kappa shape index (κ2) is 17.5. The molecule has 0 bridgehead atoms. The Labute approximate surface area is 445 Å². The molecule has 0 saturated heterocycles. The summed E-state index contributed by atoms with van der Waals surface area (Å²) >= 11 is 2.00. The zero-order valence-corrected chi connectivity index (χ0v) is 46.6. The first-order valence-electron chi connectivity index (χ1n) is 27.5. The second-order valence-electron chi connectivity index (χ2n) is 24.2. The van der Waals surface area contributed by atoms with E-state index in [0.29, 0.717) is 0 Å². The molecule has 4 heteroatoms. The molecule has 12 rings (SSSR count). The maximum absolute atomic E-state index is 2.64. The zero-order valence-electron chi connectivity index (χ0n) is 45.8. The number of thiophene rings is 1. The van der Waals surface area contributed by atoms with Crippen LogP contribution in [0.5, 0.6) is 0 Å². The Hall–Kier alpha value is -6.62. The van der Waals surface area contributed by atoms with Gasteiger partial charge in [0.05, 0.1) is 5.69 Å². The summed E-state index contributed by atoms with van der Waals surface area (Å²) in [5.74, 6) is 0. The number of nitrogens with zero attached hydrogens (tertiary/aromatic N) is 2. The van der Waals surface area contributed by atoms with E-state index in [9.17, 15) is 0 Å². The van der Waals surface area contributed by atoms with Gasteiger partial charge in [0.1, 0.15) is 0 Å². The van der Waals surface area contributed by atoms with Crippen molar-refractivity contribution in [1.82, 2.24) is 0 Å². The molecule has 0 N–H and O–H groups in total. The van der Waals surface area contributed by atoms with E-state index in [1.54, 1.807) is 0 Å². The lowest BCUT2D eigenvalue weighted by molar-refractivity contribution is 0.506. The number of anilines is 6. The van der Waals surface area contributed by atoms with Gasteiger partial charge >= 0.3 is 0 Å². The lowest BCUT2D eigenvalue weighted by Crippen LogP contribution is -2.60. The number of fused-ring (bicyclic) bond motifs is 12. The van der Waals surface area contributed by atoms with E-state index in [-0.39, 0.29) is 28.4 Å². The molecule has 9 aromatic carbocycles. The first-order chi connectivity index (χ1) is 35.5. The maximum Gasteiger partial charge on any atom is 0.264 e. The standard InChI is InChI=1S/C70H71BN2S/c1-13-67(5,6)45-29-33-48(34-30-45)73-62-27-21-26-61-64(62)71(66-65(73)57-41-46(68(7,8)14-2)32-39-63(57)74-66)59-42-47(69(9,10)15-3)31-38-60(59)72(61)49-35-37-58(70(11,12)16-4)55(43-49)44-28-36-54-52-24-18-17-22-50(52)51-23-19-20-25-53(51)56(54)40-44/h17-43H,13-16H2,1-12H3. The van der Waals surface area contributed by atoms with E-state index < -0.39 is 0 Å². The molecule has 0 saturated carbocycles. The minimum Gasteiger partial charge on any atom is -0.311 e. The van der Waals surface area contributed by atoms with E-state index in [1.807, 2.05) is 11.3 Å². The van der Waals surface area contributed by atoms with Crippen LogP contribution in [0.1, 0.15) is 131 Å². The third-order valence-electron chi connectivity index (χ3n) is 18.6. The van der Waals surface area contributed by atoms with E-state index in [4.69, 9.17) is 0 Å². The first kappa shape index (κ1) is 48.3. The van der Waals surface area contributed by atoms with Crippen LogP contribution in [0, 0.1) is 0 Å². The molecule has 10 aromatic rings. The van der Waals surface area contributed by atoms with Gasteiger partial charge in [0.15, 0.2) is 0 Å². The summed E-state index contributed by atoms with van der Waals surface area (Å²) < 4.78 is 2.77. The van der Waals surface area contributed by atoms with Gasteiger partial charge in [-0.05, 0) is 185 Å². The van der Waals surface area contributed by atoms with Crippen molar-refractivity contribution < 1.29 is 0 Å². The van der Waals surface area contributed by atoms with Crippen LogP contribution in [0.2, 0.25) is 0 Å². The molecule has 0 atom stereocenters. The monoisotopic (exact) mass is 983 g/mol. The Bertz CT molecular complexity index is 3830. The largest absolute Gasteiger partial charge is 0.311 e. The van der Waals surface area contributed by atoms with Gasteiger partial charge in [-0.1, -0.05) is 186 Å². The molecule has 0 amide bonds. The fourth-order valence-electron chi connectivity index (χ4n) is 12.3. The predicted octanol–water partition coefficient (Wildman–Crippen LogP) is 18.9. The Morgan fingerprint density at radius 2 is 0.932 bits per heavy atom. The maximum atomic E-state index is 2.64. The number of rotatable bonds is 11. The number of hydrogen-bond acceptors (Lipinski definition) is 3. The molecule has 0 radical (unpaired) electrons. The SMILES string of the molecule is CCC(C)(C)c1ccc(N2c3cccc4c3B(c3cc(C(C)(C)CC)ccc3N4c3ccc(C(C)(C)CC)c(-c4ccc5c6ccccc6c6ccccc6c5c4)c3)c3sc4ccc(C(C)(C)CC)cc4c32)cc1. The summed E-state index contributed by atoms with van der Waals surface area (Å²) in [6, 6.07) is 64.1. The minimum absolute atomic E-state index is 0.00410. The van der Waals surface area contributed by atoms with Gasteiger partial charge < -0.3 is 9.80 Å². The van der Waals surface area contributed by atoms with Crippen molar-refractivity contribution in [2.24, 2.45) is 0 Å². The molecular formula is C70H71BN2S. The van der Waals surface area contributed by atoms with Crippen LogP contribution in [-0.2, 0) is 21.7 Å². The number of benzene rings is 9. The summed E-state index contributed by atoms with van der Waals surface area (Å²) in [5.41, 5.74) is 18.4. The Morgan fingerprint density at radius 3 is 1.55 bits per heavy atom. The summed E-state index contributed by atoms with van der Waals surface area (Å²) in [6.07, 6.45) is 4.24. The van der Waals surface area contributed by atoms with Crippen molar-refractivity contribution in [3.63, 3.8) is 0 Å². The molecule has 0 fully saturated rings. The molecule has 74 heavy (non-hydrogen) atoms. The van der Waals surface area contributed by atoms with Gasteiger partial charge in [-0.2, -0.15) is 0 Å². The topological polar surface area (TPSA) is 6.48 Å². The molecule has 1 aromatic heterocycles. The van der Waals surface area contributed by atoms with Gasteiger partial charge in [0.2, 0.25) is 0 Å². The van der Waals surface area contributed by atoms with Crippen molar-refractivity contribution in [3.05, 3.63) is 186 Å². The molecule has 370 valence electrons. The summed E-state index contributed by atoms with van der Waals surface area (Å²) in [5, 5.41) is 9.16. The molecule has 3 heterocycles. The van der Waals surface area contributed by atoms with Gasteiger partial charge in [-0.15, -0.1) is 11.3 Å². The third kappa shape index (κ3) is 7.40. The molecule has 2 aliphatic rings. The minimum atomic E-state index is -0.0576. The second-order valence-corrected chi connectivity index (χ2v) is 25.3. The summed E-state index contributed by atoms with van der Waals surface area (Å²) in [4.78, 5) is 5.26. The Balaban J connectivity index is 1.13. The fraction of sp³-hybridized carbons (Fsp3) is 0.286. The average Bonchev–Trinajstić information content (AvgIpc) is 3.87. The van der Waals surface area contributed by atoms with Crippen molar-refractivity contribution in [2.75, 3.05) is 9.80 Å². The van der Waals surface area contributed by atoms with Crippen LogP contribution in [0.3, 0.4) is 0 Å². The zero-order chi connectivity index (χ0) is 51.6. The highest BCUT2D eigenvalue weighted by atomic mass is 32.1. The van der Waals surface area contributed by atoms with E-state index in [1.165, 1.54) is 126 Å². The van der Waals surface area contributed by atoms with Gasteiger partial charge in [0, 0.05) is 43.3 Å². The summed E-state index contributed by atoms with van der Waals surface area (Å²) in [6.45, 7) is 28.5. The van der Waals surface area contributed by atoms with Gasteiger partial charge in [-0.3, -0.25) is 0 Å². The van der Waals surface area contributed by atoms with Crippen LogP contribution in [-0.4, -0.2) is 6.71 Å². The van der Waals surface area contributed by atoms with Crippen molar-refractivity contribution in [3.8, 4) is 11.1 Å². The number of hydrogen-bond donors (Lipinski definition) is 0. The third-order valence-corrected chi connectivity index (χ3v) is 19.9. The van der Waals surface area contributed by atoms with Crippen LogP contribution in [0.4, 0.5) is 34.1 Å². The van der Waals surface area contributed by atoms with Crippen molar-refractivity contribution in [1.29, 1.82) is 0 Å². The first-order valence-corrected chi connectivity index (χ1v) is 28.3. The van der Waals surface area contributed by atoms with Gasteiger partial charge in [-0.25, -0.2) is 0 Å². The molecule has 2 aliphatic heterocycles. The smallest absolute Gasteiger partial charge is 0.264 e. The highest BCUT2D eigenvalue weighted by Crippen LogP contribution is 2.51. The Kier molecular flexibility index (Phi) is 11.4. The fourth-order valence-corrected chi connectivity index (χ4v) is 13.6. The van der Waals surface area contributed by atoms with Crippen LogP contribution >= 0.6 is 11.3 Å². The molecule has 0 unspecified atom stereocenters. The normalized spacial score (nSPS) is 13.8. The highest BCUT2D eigenvalue weighted by molar-refractivity contribution is 7.33. The Morgan fingerprint density at radius 1 is 0.405 bits per heavy atom. The van der Waals surface area contributed by atoms with Crippen LogP contribution in [0.15, 0.2) is 164 Å². The van der Waals surface area contributed by atoms with Crippen LogP contribution in [0.25, 0.3) is 53.5 Å². The average molecular weight is 983 g/mol. The van der Waals surface area contributed by atoms with E-state index >= 15 is 0 Å². The quantitative estimate of drug-likeness (QED) is 0.0941. The van der Waals surface area contributed by atoms with Crippen LogP contribution < -0.4 is 25.5 Å². The molecule has 2 nitrogen and oxygen atoms in total. The highest BCUT2D eigenvalue weighted by Gasteiger charge is 2.46. The molecule has 0 spiro atoms. The molecule has 0 aliphatic carbocycles.